The molecule has 0 atom stereocenters. The van der Waals surface area contributed by atoms with Gasteiger partial charge in [0.15, 0.2) is 5.96 Å². The molecule has 1 saturated carbocycles. The monoisotopic (exact) mass is 257 g/mol. The molecule has 0 aliphatic heterocycles. The Kier molecular flexibility index (Phi) is 8.32. The molecule has 0 aromatic rings. The van der Waals surface area contributed by atoms with Crippen molar-refractivity contribution >= 4 is 17.7 Å². The molecule has 0 bridgehead atoms. The Morgan fingerprint density at radius 3 is 2.47 bits per heavy atom. The van der Waals surface area contributed by atoms with Crippen LogP contribution < -0.4 is 10.6 Å². The number of aliphatic imine (C=N–C) groups is 1. The van der Waals surface area contributed by atoms with Crippen LogP contribution in [0.5, 0.6) is 0 Å². The molecule has 0 radical (unpaired) electrons. The second kappa shape index (κ2) is 9.63. The fourth-order valence-corrected chi connectivity index (χ4v) is 2.30. The zero-order chi connectivity index (χ0) is 12.3. The highest BCUT2D eigenvalue weighted by Crippen LogP contribution is 2.33. The summed E-state index contributed by atoms with van der Waals surface area (Å²) in [5.74, 6) is 3.26. The third kappa shape index (κ3) is 8.36. The summed E-state index contributed by atoms with van der Waals surface area (Å²) in [4.78, 5) is 4.23. The van der Waals surface area contributed by atoms with Gasteiger partial charge in [0.05, 0.1) is 0 Å². The molecule has 17 heavy (non-hydrogen) atoms. The molecule has 3 nitrogen and oxygen atoms in total. The second-order valence-electron chi connectivity index (χ2n) is 4.71. The van der Waals surface area contributed by atoms with E-state index in [0.717, 1.165) is 25.0 Å². The molecular formula is C13H27N3S. The summed E-state index contributed by atoms with van der Waals surface area (Å²) in [6, 6.07) is 0. The van der Waals surface area contributed by atoms with Gasteiger partial charge in [0.25, 0.3) is 0 Å². The quantitative estimate of drug-likeness (QED) is 0.378. The van der Waals surface area contributed by atoms with Gasteiger partial charge in [-0.15, -0.1) is 0 Å². The van der Waals surface area contributed by atoms with Crippen LogP contribution >= 0.6 is 11.8 Å². The number of rotatable bonds is 9. The lowest BCUT2D eigenvalue weighted by atomic mass is 10.2. The van der Waals surface area contributed by atoms with Gasteiger partial charge >= 0.3 is 0 Å². The minimum atomic E-state index is 0.963. The molecule has 0 aromatic carbocycles. The highest BCUT2D eigenvalue weighted by atomic mass is 32.2. The van der Waals surface area contributed by atoms with E-state index in [4.69, 9.17) is 0 Å². The molecule has 1 fully saturated rings. The van der Waals surface area contributed by atoms with Gasteiger partial charge in [-0.2, -0.15) is 11.8 Å². The molecule has 0 amide bonds. The summed E-state index contributed by atoms with van der Waals surface area (Å²) in [6.45, 7) is 2.09. The van der Waals surface area contributed by atoms with Gasteiger partial charge in [0, 0.05) is 20.1 Å². The zero-order valence-corrected chi connectivity index (χ0v) is 12.1. The van der Waals surface area contributed by atoms with Gasteiger partial charge in [0.2, 0.25) is 0 Å². The first kappa shape index (κ1) is 14.7. The molecule has 0 spiro atoms. The minimum Gasteiger partial charge on any atom is -0.356 e. The number of hydrogen-bond acceptors (Lipinski definition) is 2. The fourth-order valence-electron chi connectivity index (χ4n) is 1.80. The molecule has 0 heterocycles. The summed E-state index contributed by atoms with van der Waals surface area (Å²) >= 11 is 1.92. The summed E-state index contributed by atoms with van der Waals surface area (Å²) < 4.78 is 0. The number of hydrogen-bond donors (Lipinski definition) is 2. The lowest BCUT2D eigenvalue weighted by Crippen LogP contribution is -2.38. The largest absolute Gasteiger partial charge is 0.356 e. The Bertz CT molecular complexity index is 215. The molecule has 0 aromatic heterocycles. The number of unbranched alkanes of at least 4 members (excludes halogenated alkanes) is 1. The van der Waals surface area contributed by atoms with Crippen molar-refractivity contribution in [1.29, 1.82) is 0 Å². The standard InChI is InChI=1S/C13H27N3S/c1-14-13(15-9-3-4-11-17-2)16-10-5-6-12-7-8-12/h12H,3-11H2,1-2H3,(H2,14,15,16). The summed E-state index contributed by atoms with van der Waals surface area (Å²) in [5, 5.41) is 6.74. The topological polar surface area (TPSA) is 36.4 Å². The first-order chi connectivity index (χ1) is 8.36. The zero-order valence-electron chi connectivity index (χ0n) is 11.3. The number of nitrogens with zero attached hydrogens (tertiary/aromatic N) is 1. The Morgan fingerprint density at radius 2 is 1.88 bits per heavy atom. The average molecular weight is 257 g/mol. The van der Waals surface area contributed by atoms with Crippen LogP contribution in [0.3, 0.4) is 0 Å². The van der Waals surface area contributed by atoms with Crippen molar-refractivity contribution in [3.05, 3.63) is 0 Å². The maximum Gasteiger partial charge on any atom is 0.190 e. The molecule has 100 valence electrons. The highest BCUT2D eigenvalue weighted by Gasteiger charge is 2.19. The van der Waals surface area contributed by atoms with Gasteiger partial charge < -0.3 is 10.6 Å². The van der Waals surface area contributed by atoms with Crippen molar-refractivity contribution < 1.29 is 0 Å². The fraction of sp³-hybridized carbons (Fsp3) is 0.923. The van der Waals surface area contributed by atoms with Crippen LogP contribution in [0.2, 0.25) is 0 Å². The molecule has 1 aliphatic rings. The first-order valence-electron chi connectivity index (χ1n) is 6.80. The third-order valence-electron chi connectivity index (χ3n) is 3.07. The number of guanidine groups is 1. The molecule has 2 N–H and O–H groups in total. The predicted octanol–water partition coefficient (Wildman–Crippen LogP) is 2.48. The van der Waals surface area contributed by atoms with Gasteiger partial charge in [-0.1, -0.05) is 12.8 Å². The molecule has 0 unspecified atom stereocenters. The van der Waals surface area contributed by atoms with Gasteiger partial charge in [0.1, 0.15) is 0 Å². The van der Waals surface area contributed by atoms with E-state index in [1.54, 1.807) is 0 Å². The third-order valence-corrected chi connectivity index (χ3v) is 3.77. The maximum atomic E-state index is 4.23. The minimum absolute atomic E-state index is 0.963. The molecule has 1 rings (SSSR count). The SMILES string of the molecule is CN=C(NCCCCSC)NCCCC1CC1. The smallest absolute Gasteiger partial charge is 0.190 e. The van der Waals surface area contributed by atoms with Crippen molar-refractivity contribution in [3.8, 4) is 0 Å². The van der Waals surface area contributed by atoms with Crippen LogP contribution in [-0.4, -0.2) is 38.1 Å². The van der Waals surface area contributed by atoms with E-state index in [1.807, 2.05) is 18.8 Å². The maximum absolute atomic E-state index is 4.23. The van der Waals surface area contributed by atoms with Crippen molar-refractivity contribution in [2.75, 3.05) is 32.1 Å². The second-order valence-corrected chi connectivity index (χ2v) is 5.70. The summed E-state index contributed by atoms with van der Waals surface area (Å²) in [6.07, 6.45) is 10.3. The van der Waals surface area contributed by atoms with Crippen LogP contribution in [0.25, 0.3) is 0 Å². The van der Waals surface area contributed by atoms with Crippen molar-refractivity contribution in [2.45, 2.75) is 38.5 Å². The van der Waals surface area contributed by atoms with E-state index in [9.17, 15) is 0 Å². The van der Waals surface area contributed by atoms with Crippen molar-refractivity contribution in [1.82, 2.24) is 10.6 Å². The number of nitrogens with one attached hydrogen (secondary N) is 2. The van der Waals surface area contributed by atoms with Crippen LogP contribution in [0.15, 0.2) is 4.99 Å². The van der Waals surface area contributed by atoms with Crippen molar-refractivity contribution in [3.63, 3.8) is 0 Å². The van der Waals surface area contributed by atoms with E-state index >= 15 is 0 Å². The van der Waals surface area contributed by atoms with Crippen LogP contribution in [0, 0.1) is 5.92 Å². The van der Waals surface area contributed by atoms with Gasteiger partial charge in [-0.25, -0.2) is 0 Å². The lowest BCUT2D eigenvalue weighted by Gasteiger charge is -2.11. The Balaban J connectivity index is 1.91. The Hall–Kier alpha value is -0.380. The Morgan fingerprint density at radius 1 is 1.18 bits per heavy atom. The van der Waals surface area contributed by atoms with Gasteiger partial charge in [-0.3, -0.25) is 4.99 Å². The van der Waals surface area contributed by atoms with Crippen LogP contribution in [-0.2, 0) is 0 Å². The van der Waals surface area contributed by atoms with E-state index in [-0.39, 0.29) is 0 Å². The van der Waals surface area contributed by atoms with Crippen LogP contribution in [0.1, 0.15) is 38.5 Å². The van der Waals surface area contributed by atoms with E-state index < -0.39 is 0 Å². The van der Waals surface area contributed by atoms with Crippen LogP contribution in [0.4, 0.5) is 0 Å². The molecular weight excluding hydrogens is 230 g/mol. The van der Waals surface area contributed by atoms with Crippen molar-refractivity contribution in [2.24, 2.45) is 10.9 Å². The van der Waals surface area contributed by atoms with E-state index in [2.05, 4.69) is 21.9 Å². The molecule has 0 saturated heterocycles. The van der Waals surface area contributed by atoms with E-state index in [1.165, 1.54) is 44.3 Å². The number of thioether (sulfide) groups is 1. The summed E-state index contributed by atoms with van der Waals surface area (Å²) in [5.41, 5.74) is 0. The first-order valence-corrected chi connectivity index (χ1v) is 8.19. The van der Waals surface area contributed by atoms with E-state index in [0.29, 0.717) is 0 Å². The lowest BCUT2D eigenvalue weighted by molar-refractivity contribution is 0.642. The molecule has 4 heteroatoms. The molecule has 1 aliphatic carbocycles. The highest BCUT2D eigenvalue weighted by molar-refractivity contribution is 7.98. The normalized spacial score (nSPS) is 16.0. The Labute approximate surface area is 110 Å². The predicted molar refractivity (Wildman–Crippen MR) is 78.9 cm³/mol. The van der Waals surface area contributed by atoms with Gasteiger partial charge in [-0.05, 0) is 43.6 Å². The average Bonchev–Trinajstić information content (AvgIpc) is 3.15. The summed E-state index contributed by atoms with van der Waals surface area (Å²) in [7, 11) is 1.85.